The van der Waals surface area contributed by atoms with Crippen molar-refractivity contribution in [2.75, 3.05) is 17.7 Å². The number of carbonyl (C=O) groups excluding carboxylic acids is 1. The first-order valence-electron chi connectivity index (χ1n) is 12.0. The van der Waals surface area contributed by atoms with Gasteiger partial charge in [0, 0.05) is 22.0 Å². The number of benzene rings is 4. The second kappa shape index (κ2) is 10.8. The first-order chi connectivity index (χ1) is 18.4. The Morgan fingerprint density at radius 3 is 2.34 bits per heavy atom. The summed E-state index contributed by atoms with van der Waals surface area (Å²) in [6.07, 6.45) is 0. The molecule has 0 bridgehead atoms. The van der Waals surface area contributed by atoms with Gasteiger partial charge in [0.25, 0.3) is 5.56 Å². The van der Waals surface area contributed by atoms with Crippen molar-refractivity contribution in [3.8, 4) is 16.9 Å². The van der Waals surface area contributed by atoms with E-state index in [2.05, 4.69) is 15.6 Å². The van der Waals surface area contributed by atoms with Gasteiger partial charge in [0.1, 0.15) is 11.6 Å². The number of halogens is 1. The molecule has 38 heavy (non-hydrogen) atoms. The average Bonchev–Trinajstić information content (AvgIpc) is 2.93. The number of carbonyl (C=O) groups is 1. The molecule has 0 radical (unpaired) electrons. The number of nitrogens with one attached hydrogen (secondary N) is 2. The Labute approximate surface area is 224 Å². The third kappa shape index (κ3) is 5.38. The van der Waals surface area contributed by atoms with Crippen LogP contribution < -0.4 is 20.9 Å². The summed E-state index contributed by atoms with van der Waals surface area (Å²) >= 11 is 5.90. The fraction of sp³-hybridized carbons (Fsp3) is 0.100. The molecule has 0 saturated carbocycles. The van der Waals surface area contributed by atoms with Gasteiger partial charge in [-0.15, -0.1) is 0 Å². The van der Waals surface area contributed by atoms with Gasteiger partial charge in [-0.25, -0.2) is 9.78 Å². The quantitative estimate of drug-likeness (QED) is 0.258. The summed E-state index contributed by atoms with van der Waals surface area (Å²) in [5.41, 5.74) is 4.47. The van der Waals surface area contributed by atoms with Crippen molar-refractivity contribution in [3.63, 3.8) is 0 Å². The Morgan fingerprint density at radius 1 is 0.921 bits per heavy atom. The van der Waals surface area contributed by atoms with Gasteiger partial charge in [0.15, 0.2) is 0 Å². The Bertz CT molecular complexity index is 1680. The zero-order valence-electron chi connectivity index (χ0n) is 20.9. The van der Waals surface area contributed by atoms with Crippen molar-refractivity contribution < 1.29 is 9.53 Å². The van der Waals surface area contributed by atoms with Crippen molar-refractivity contribution in [2.45, 2.75) is 13.5 Å². The number of urea groups is 1. The summed E-state index contributed by atoms with van der Waals surface area (Å²) in [6, 6.07) is 27.3. The molecule has 2 N–H and O–H groups in total. The number of para-hydroxylation sites is 1. The number of ether oxygens (including phenoxy) is 1. The number of fused-ring (bicyclic) bond motifs is 1. The third-order valence-electron chi connectivity index (χ3n) is 6.22. The second-order valence-electron chi connectivity index (χ2n) is 8.77. The highest BCUT2D eigenvalue weighted by molar-refractivity contribution is 6.30. The van der Waals surface area contributed by atoms with Gasteiger partial charge in [-0.2, -0.15) is 0 Å². The molecule has 0 aliphatic carbocycles. The normalized spacial score (nSPS) is 10.8. The molecule has 0 aliphatic rings. The lowest BCUT2D eigenvalue weighted by Gasteiger charge is -2.13. The molecule has 0 aliphatic heterocycles. The monoisotopic (exact) mass is 524 g/mol. The lowest BCUT2D eigenvalue weighted by atomic mass is 10.0. The molecule has 0 unspecified atom stereocenters. The van der Waals surface area contributed by atoms with Gasteiger partial charge in [-0.1, -0.05) is 54.1 Å². The molecule has 0 atom stereocenters. The number of amides is 2. The number of anilines is 2. The number of hydrogen-bond acceptors (Lipinski definition) is 4. The first-order valence-corrected chi connectivity index (χ1v) is 12.4. The van der Waals surface area contributed by atoms with Crippen LogP contribution in [0.1, 0.15) is 11.4 Å². The van der Waals surface area contributed by atoms with Gasteiger partial charge in [-0.05, 0) is 66.6 Å². The van der Waals surface area contributed by atoms with Gasteiger partial charge in [-0.3, -0.25) is 9.36 Å². The predicted octanol–water partition coefficient (Wildman–Crippen LogP) is 6.73. The summed E-state index contributed by atoms with van der Waals surface area (Å²) in [5, 5.41) is 6.51. The van der Waals surface area contributed by atoms with E-state index in [9.17, 15) is 9.59 Å². The van der Waals surface area contributed by atoms with E-state index in [1.165, 1.54) is 0 Å². The number of aryl methyl sites for hydroxylation is 1. The zero-order valence-corrected chi connectivity index (χ0v) is 21.6. The second-order valence-corrected chi connectivity index (χ2v) is 9.20. The molecule has 7 nitrogen and oxygen atoms in total. The molecular weight excluding hydrogens is 500 g/mol. The van der Waals surface area contributed by atoms with Crippen LogP contribution in [-0.2, 0) is 6.54 Å². The molecule has 4 aromatic carbocycles. The smallest absolute Gasteiger partial charge is 0.323 e. The van der Waals surface area contributed by atoms with E-state index >= 15 is 0 Å². The molecule has 5 aromatic rings. The molecule has 8 heteroatoms. The van der Waals surface area contributed by atoms with Crippen molar-refractivity contribution in [3.05, 3.63) is 118 Å². The fourth-order valence-electron chi connectivity index (χ4n) is 4.28. The Morgan fingerprint density at radius 2 is 1.61 bits per heavy atom. The van der Waals surface area contributed by atoms with Crippen molar-refractivity contribution in [1.82, 2.24) is 9.55 Å². The number of aromatic nitrogens is 2. The lowest BCUT2D eigenvalue weighted by Crippen LogP contribution is -2.25. The van der Waals surface area contributed by atoms with Crippen LogP contribution in [-0.4, -0.2) is 22.7 Å². The molecule has 0 saturated heterocycles. The molecule has 2 amide bonds. The first kappa shape index (κ1) is 25.0. The highest BCUT2D eigenvalue weighted by atomic mass is 35.5. The Kier molecular flexibility index (Phi) is 7.11. The van der Waals surface area contributed by atoms with Crippen LogP contribution in [0, 0.1) is 6.92 Å². The maximum atomic E-state index is 13.5. The molecule has 5 rings (SSSR count). The number of hydrogen-bond donors (Lipinski definition) is 2. The zero-order chi connectivity index (χ0) is 26.6. The molecule has 1 aromatic heterocycles. The topological polar surface area (TPSA) is 85.2 Å². The van der Waals surface area contributed by atoms with Crippen LogP contribution in [0.25, 0.3) is 22.0 Å². The largest absolute Gasteiger partial charge is 0.496 e. The minimum absolute atomic E-state index is 0.178. The van der Waals surface area contributed by atoms with Crippen LogP contribution in [0.4, 0.5) is 16.2 Å². The van der Waals surface area contributed by atoms with E-state index in [1.54, 1.807) is 54.1 Å². The standard InChI is InChI=1S/C30H25ClN4O3/c1-19-32-27-16-15-24(34-30(37)33-23-13-11-22(31)12-14-23)17-26(27)29(36)35(19)18-20-7-9-21(10-8-20)25-5-3-4-6-28(25)38-2/h3-17H,18H2,1-2H3,(H2,33,34,37). The van der Waals surface area contributed by atoms with E-state index in [0.717, 1.165) is 22.4 Å². The maximum Gasteiger partial charge on any atom is 0.323 e. The lowest BCUT2D eigenvalue weighted by molar-refractivity contribution is 0.262. The molecule has 1 heterocycles. The van der Waals surface area contributed by atoms with Gasteiger partial charge >= 0.3 is 6.03 Å². The number of rotatable bonds is 6. The number of methoxy groups -OCH3 is 1. The summed E-state index contributed by atoms with van der Waals surface area (Å²) < 4.78 is 7.11. The highest BCUT2D eigenvalue weighted by Crippen LogP contribution is 2.29. The van der Waals surface area contributed by atoms with E-state index in [1.807, 2.05) is 55.5 Å². The van der Waals surface area contributed by atoms with Crippen molar-refractivity contribution in [2.24, 2.45) is 0 Å². The van der Waals surface area contributed by atoms with Crippen LogP contribution >= 0.6 is 11.6 Å². The third-order valence-corrected chi connectivity index (χ3v) is 6.47. The average molecular weight is 525 g/mol. The van der Waals surface area contributed by atoms with Gasteiger partial charge in [0.05, 0.1) is 24.6 Å². The molecule has 0 fully saturated rings. The van der Waals surface area contributed by atoms with E-state index < -0.39 is 6.03 Å². The highest BCUT2D eigenvalue weighted by Gasteiger charge is 2.12. The van der Waals surface area contributed by atoms with Crippen molar-refractivity contribution >= 4 is 39.9 Å². The van der Waals surface area contributed by atoms with Crippen LogP contribution in [0.3, 0.4) is 0 Å². The summed E-state index contributed by atoms with van der Waals surface area (Å²) in [7, 11) is 1.65. The summed E-state index contributed by atoms with van der Waals surface area (Å²) in [4.78, 5) is 30.5. The summed E-state index contributed by atoms with van der Waals surface area (Å²) in [5.74, 6) is 1.41. The summed E-state index contributed by atoms with van der Waals surface area (Å²) in [6.45, 7) is 2.18. The predicted molar refractivity (Wildman–Crippen MR) is 152 cm³/mol. The minimum Gasteiger partial charge on any atom is -0.496 e. The van der Waals surface area contributed by atoms with Crippen molar-refractivity contribution in [1.29, 1.82) is 0 Å². The van der Waals surface area contributed by atoms with E-state index in [-0.39, 0.29) is 5.56 Å². The van der Waals surface area contributed by atoms with Crippen LogP contribution in [0.15, 0.2) is 95.8 Å². The molecule has 190 valence electrons. The van der Waals surface area contributed by atoms with Crippen LogP contribution in [0.2, 0.25) is 5.02 Å². The minimum atomic E-state index is -0.429. The Balaban J connectivity index is 1.38. The van der Waals surface area contributed by atoms with Crippen LogP contribution in [0.5, 0.6) is 5.75 Å². The number of nitrogens with zero attached hydrogens (tertiary/aromatic N) is 2. The van der Waals surface area contributed by atoms with E-state index in [0.29, 0.717) is 39.7 Å². The molecular formula is C30H25ClN4O3. The SMILES string of the molecule is COc1ccccc1-c1ccc(Cn2c(C)nc3ccc(NC(=O)Nc4ccc(Cl)cc4)cc3c2=O)cc1. The fourth-order valence-corrected chi connectivity index (χ4v) is 4.40. The molecule has 0 spiro atoms. The van der Waals surface area contributed by atoms with Gasteiger partial charge in [0.2, 0.25) is 0 Å². The Hall–Kier alpha value is -4.62. The maximum absolute atomic E-state index is 13.5. The van der Waals surface area contributed by atoms with Gasteiger partial charge < -0.3 is 15.4 Å². The van der Waals surface area contributed by atoms with E-state index in [4.69, 9.17) is 16.3 Å².